The smallest absolute Gasteiger partial charge is 0.338 e. The molecule has 0 unspecified atom stereocenters. The number of carbonyl (C=O) groups is 2. The van der Waals surface area contributed by atoms with Gasteiger partial charge in [0.15, 0.2) is 6.10 Å². The third kappa shape index (κ3) is 4.26. The molecule has 32 heavy (non-hydrogen) atoms. The number of aromatic amines is 1. The summed E-state index contributed by atoms with van der Waals surface area (Å²) in [5, 5.41) is 0.752. The topological polar surface area (TPSA) is 115 Å². The zero-order valence-electron chi connectivity index (χ0n) is 18.0. The lowest BCUT2D eigenvalue weighted by atomic mass is 10.0. The van der Waals surface area contributed by atoms with Gasteiger partial charge >= 0.3 is 5.97 Å². The summed E-state index contributed by atoms with van der Waals surface area (Å²) in [6, 6.07) is 11.3. The van der Waals surface area contributed by atoms with E-state index < -0.39 is 22.1 Å². The number of hydrogen-bond donors (Lipinski definition) is 2. The highest BCUT2D eigenvalue weighted by Gasteiger charge is 2.31. The van der Waals surface area contributed by atoms with Crippen molar-refractivity contribution >= 4 is 32.7 Å². The Labute approximate surface area is 186 Å². The van der Waals surface area contributed by atoms with Crippen LogP contribution in [0.4, 0.5) is 0 Å². The Morgan fingerprint density at radius 1 is 1.16 bits per heavy atom. The minimum absolute atomic E-state index is 0.0114. The van der Waals surface area contributed by atoms with Crippen LogP contribution in [0.1, 0.15) is 46.2 Å². The molecule has 0 radical (unpaired) electrons. The number of benzene rings is 2. The number of ketones is 1. The van der Waals surface area contributed by atoms with E-state index in [9.17, 15) is 18.0 Å². The normalized spacial score (nSPS) is 14.8. The number of hydrogen-bond acceptors (Lipinski definition) is 6. The molecule has 0 amide bonds. The lowest BCUT2D eigenvalue weighted by Gasteiger charge is -2.15. The van der Waals surface area contributed by atoms with Crippen molar-refractivity contribution in [1.29, 1.82) is 0 Å². The van der Waals surface area contributed by atoms with Crippen LogP contribution < -0.4 is 9.46 Å². The second kappa shape index (κ2) is 8.40. The monoisotopic (exact) mass is 456 g/mol. The summed E-state index contributed by atoms with van der Waals surface area (Å²) >= 11 is 0. The van der Waals surface area contributed by atoms with Crippen LogP contribution in [0.5, 0.6) is 5.75 Å². The molecular formula is C23H24N2O6S. The molecule has 1 saturated carbocycles. The quantitative estimate of drug-likeness (QED) is 0.397. The molecule has 1 aliphatic carbocycles. The van der Waals surface area contributed by atoms with Gasteiger partial charge in [0.1, 0.15) is 10.6 Å². The van der Waals surface area contributed by atoms with Crippen LogP contribution in [-0.2, 0) is 14.8 Å². The Bertz CT molecular complexity index is 1310. The van der Waals surface area contributed by atoms with Crippen LogP contribution in [0.2, 0.25) is 0 Å². The molecule has 2 aromatic carbocycles. The van der Waals surface area contributed by atoms with Crippen molar-refractivity contribution in [2.75, 3.05) is 7.11 Å². The lowest BCUT2D eigenvalue weighted by molar-refractivity contribution is 0.0319. The average molecular weight is 457 g/mol. The summed E-state index contributed by atoms with van der Waals surface area (Å²) in [6.07, 6.45) is 0.485. The van der Waals surface area contributed by atoms with Crippen molar-refractivity contribution in [3.05, 3.63) is 59.3 Å². The lowest BCUT2D eigenvalue weighted by Crippen LogP contribution is -2.27. The summed E-state index contributed by atoms with van der Waals surface area (Å²) in [5.74, 6) is -1.02. The fourth-order valence-corrected chi connectivity index (χ4v) is 5.08. The number of H-pyrrole nitrogens is 1. The van der Waals surface area contributed by atoms with Crippen molar-refractivity contribution in [1.82, 2.24) is 9.71 Å². The molecule has 1 aromatic heterocycles. The van der Waals surface area contributed by atoms with Crippen LogP contribution in [0.15, 0.2) is 47.4 Å². The SMILES string of the molecule is COc1ccc(C(=O)O[C@@H](C)C(=O)c2c(C)[nH]c3ccccc23)cc1S(=O)(=O)NC1CC1. The van der Waals surface area contributed by atoms with Crippen molar-refractivity contribution in [3.8, 4) is 5.75 Å². The first-order chi connectivity index (χ1) is 15.2. The van der Waals surface area contributed by atoms with E-state index in [-0.39, 0.29) is 28.0 Å². The third-order valence-corrected chi connectivity index (χ3v) is 6.92. The van der Waals surface area contributed by atoms with Gasteiger partial charge in [0.2, 0.25) is 15.8 Å². The molecule has 3 aromatic rings. The highest BCUT2D eigenvalue weighted by atomic mass is 32.2. The number of carbonyl (C=O) groups excluding carboxylic acids is 2. The van der Waals surface area contributed by atoms with E-state index in [1.807, 2.05) is 24.3 Å². The van der Waals surface area contributed by atoms with Crippen LogP contribution >= 0.6 is 0 Å². The van der Waals surface area contributed by atoms with E-state index in [4.69, 9.17) is 9.47 Å². The van der Waals surface area contributed by atoms with Crippen LogP contribution in [-0.4, -0.2) is 44.4 Å². The van der Waals surface area contributed by atoms with Crippen molar-refractivity contribution < 1.29 is 27.5 Å². The molecule has 4 rings (SSSR count). The maximum absolute atomic E-state index is 13.0. The molecule has 0 saturated heterocycles. The summed E-state index contributed by atoms with van der Waals surface area (Å²) in [7, 11) is -2.50. The van der Waals surface area contributed by atoms with Gasteiger partial charge in [0, 0.05) is 28.2 Å². The van der Waals surface area contributed by atoms with Gasteiger partial charge in [-0.05, 0) is 51.0 Å². The first-order valence-corrected chi connectivity index (χ1v) is 11.7. The Balaban J connectivity index is 1.57. The number of fused-ring (bicyclic) bond motifs is 1. The number of methoxy groups -OCH3 is 1. The van der Waals surface area contributed by atoms with Crippen LogP contribution in [0.25, 0.3) is 10.9 Å². The minimum Gasteiger partial charge on any atom is -0.495 e. The molecule has 8 nitrogen and oxygen atoms in total. The van der Waals surface area contributed by atoms with Gasteiger partial charge in [-0.1, -0.05) is 18.2 Å². The molecule has 0 aliphatic heterocycles. The first kappa shape index (κ1) is 22.0. The van der Waals surface area contributed by atoms with Crippen molar-refractivity contribution in [2.24, 2.45) is 0 Å². The molecule has 9 heteroatoms. The number of ether oxygens (including phenoxy) is 2. The summed E-state index contributed by atoms with van der Waals surface area (Å²) in [6.45, 7) is 3.28. The fraction of sp³-hybridized carbons (Fsp3) is 0.304. The molecule has 2 N–H and O–H groups in total. The second-order valence-corrected chi connectivity index (χ2v) is 9.53. The molecule has 1 heterocycles. The van der Waals surface area contributed by atoms with Gasteiger partial charge < -0.3 is 14.5 Å². The van der Waals surface area contributed by atoms with Gasteiger partial charge in [-0.3, -0.25) is 4.79 Å². The zero-order chi connectivity index (χ0) is 23.0. The number of sulfonamides is 1. The number of aromatic nitrogens is 1. The number of esters is 1. The predicted octanol–water partition coefficient (Wildman–Crippen LogP) is 3.35. The Morgan fingerprint density at radius 2 is 1.88 bits per heavy atom. The van der Waals surface area contributed by atoms with Gasteiger partial charge in [0.05, 0.1) is 12.7 Å². The number of para-hydroxylation sites is 1. The largest absolute Gasteiger partial charge is 0.495 e. The number of rotatable bonds is 8. The van der Waals surface area contributed by atoms with Crippen LogP contribution in [0, 0.1) is 6.92 Å². The Morgan fingerprint density at radius 3 is 2.56 bits per heavy atom. The standard InChI is InChI=1S/C23H24N2O6S/c1-13-21(17-6-4-5-7-18(17)24-13)22(26)14(2)31-23(27)15-8-11-19(30-3)20(12-15)32(28,29)25-16-9-10-16/h4-8,11-12,14,16,24-25H,9-10H2,1-3H3/t14-/m0/s1. The van der Waals surface area contributed by atoms with Crippen molar-refractivity contribution in [2.45, 2.75) is 43.7 Å². The molecular weight excluding hydrogens is 432 g/mol. The number of aryl methyl sites for hydroxylation is 1. The van der Waals surface area contributed by atoms with Gasteiger partial charge in [0.25, 0.3) is 0 Å². The third-order valence-electron chi connectivity index (χ3n) is 5.38. The highest BCUT2D eigenvalue weighted by molar-refractivity contribution is 7.89. The summed E-state index contributed by atoms with van der Waals surface area (Å²) < 4.78 is 38.5. The van der Waals surface area contributed by atoms with Gasteiger partial charge in [-0.25, -0.2) is 17.9 Å². The predicted molar refractivity (Wildman–Crippen MR) is 119 cm³/mol. The molecule has 168 valence electrons. The second-order valence-electron chi connectivity index (χ2n) is 7.84. The molecule has 1 aliphatic rings. The van der Waals surface area contributed by atoms with Gasteiger partial charge in [-0.15, -0.1) is 0 Å². The van der Waals surface area contributed by atoms with E-state index in [0.29, 0.717) is 11.3 Å². The van der Waals surface area contributed by atoms with E-state index in [2.05, 4.69) is 9.71 Å². The summed E-state index contributed by atoms with van der Waals surface area (Å²) in [5.41, 5.74) is 1.98. The van der Waals surface area contributed by atoms with Gasteiger partial charge in [-0.2, -0.15) is 0 Å². The minimum atomic E-state index is -3.86. The Hall–Kier alpha value is -3.17. The fourth-order valence-electron chi connectivity index (χ4n) is 3.58. The van der Waals surface area contributed by atoms with E-state index >= 15 is 0 Å². The van der Waals surface area contributed by atoms with Crippen LogP contribution in [0.3, 0.4) is 0 Å². The maximum atomic E-state index is 13.0. The van der Waals surface area contributed by atoms with E-state index in [1.54, 1.807) is 6.92 Å². The average Bonchev–Trinajstić information content (AvgIpc) is 3.50. The number of nitrogens with one attached hydrogen (secondary N) is 2. The molecule has 0 spiro atoms. The maximum Gasteiger partial charge on any atom is 0.338 e. The first-order valence-electron chi connectivity index (χ1n) is 10.2. The van der Waals surface area contributed by atoms with E-state index in [1.165, 1.54) is 32.2 Å². The number of Topliss-reactive ketones (excluding diaryl/α,β-unsaturated/α-hetero) is 1. The van der Waals surface area contributed by atoms with Crippen molar-refractivity contribution in [3.63, 3.8) is 0 Å². The zero-order valence-corrected chi connectivity index (χ0v) is 18.8. The molecule has 1 atom stereocenters. The molecule has 1 fully saturated rings. The highest BCUT2D eigenvalue weighted by Crippen LogP contribution is 2.29. The van der Waals surface area contributed by atoms with E-state index in [0.717, 1.165) is 23.7 Å². The molecule has 0 bridgehead atoms. The summed E-state index contributed by atoms with van der Waals surface area (Å²) in [4.78, 5) is 28.8. The Kier molecular flexibility index (Phi) is 5.79.